The molecule has 4 nitrogen and oxygen atoms in total. The molecule has 22 heavy (non-hydrogen) atoms. The van der Waals surface area contributed by atoms with Crippen LogP contribution >= 0.6 is 0 Å². The van der Waals surface area contributed by atoms with Gasteiger partial charge in [-0.05, 0) is 55.3 Å². The summed E-state index contributed by atoms with van der Waals surface area (Å²) in [6, 6.07) is 13.5. The molecule has 0 saturated carbocycles. The Morgan fingerprint density at radius 1 is 1.14 bits per heavy atom. The number of methoxy groups -OCH3 is 1. The maximum absolute atomic E-state index is 12.5. The highest BCUT2D eigenvalue weighted by atomic mass is 16.5. The fourth-order valence-electron chi connectivity index (χ4n) is 2.58. The minimum Gasteiger partial charge on any atom is -0.497 e. The molecule has 0 atom stereocenters. The number of aromatic nitrogens is 1. The fraction of sp³-hybridized carbons (Fsp3) is 0.167. The topological polar surface area (TPSA) is 54.1 Å². The van der Waals surface area contributed by atoms with Crippen molar-refractivity contribution in [1.82, 2.24) is 4.98 Å². The van der Waals surface area contributed by atoms with Crippen molar-refractivity contribution in [3.63, 3.8) is 0 Å². The van der Waals surface area contributed by atoms with Gasteiger partial charge in [0, 0.05) is 16.6 Å². The molecule has 2 aromatic carbocycles. The van der Waals surface area contributed by atoms with E-state index in [1.54, 1.807) is 7.11 Å². The number of amides is 1. The van der Waals surface area contributed by atoms with Crippen molar-refractivity contribution in [3.8, 4) is 5.75 Å². The van der Waals surface area contributed by atoms with Crippen molar-refractivity contribution in [2.45, 2.75) is 13.8 Å². The van der Waals surface area contributed by atoms with Gasteiger partial charge >= 0.3 is 0 Å². The Hall–Kier alpha value is -2.75. The first kappa shape index (κ1) is 14.2. The van der Waals surface area contributed by atoms with Gasteiger partial charge in [0.2, 0.25) is 0 Å². The Labute approximate surface area is 129 Å². The quantitative estimate of drug-likeness (QED) is 0.765. The van der Waals surface area contributed by atoms with Gasteiger partial charge in [0.05, 0.1) is 7.11 Å². The van der Waals surface area contributed by atoms with Gasteiger partial charge < -0.3 is 15.0 Å². The number of fused-ring (bicyclic) bond motifs is 1. The Morgan fingerprint density at radius 2 is 1.95 bits per heavy atom. The SMILES string of the molecule is COc1ccc2[nH]c(C(=O)Nc3cccc(C)c3)c(C)c2c1. The largest absolute Gasteiger partial charge is 0.497 e. The lowest BCUT2D eigenvalue weighted by Gasteiger charge is -2.05. The summed E-state index contributed by atoms with van der Waals surface area (Å²) in [4.78, 5) is 15.7. The first-order valence-electron chi connectivity index (χ1n) is 7.13. The molecule has 0 saturated heterocycles. The van der Waals surface area contributed by atoms with Gasteiger partial charge in [-0.3, -0.25) is 4.79 Å². The minimum absolute atomic E-state index is 0.140. The summed E-state index contributed by atoms with van der Waals surface area (Å²) in [7, 11) is 1.63. The Bertz CT molecular complexity index is 849. The van der Waals surface area contributed by atoms with E-state index in [0.29, 0.717) is 5.69 Å². The first-order chi connectivity index (χ1) is 10.6. The van der Waals surface area contributed by atoms with Crippen LogP contribution < -0.4 is 10.1 Å². The molecule has 0 aliphatic heterocycles. The van der Waals surface area contributed by atoms with E-state index >= 15 is 0 Å². The second-order valence-corrected chi connectivity index (χ2v) is 5.36. The Kier molecular flexibility index (Phi) is 3.59. The molecule has 3 aromatic rings. The van der Waals surface area contributed by atoms with E-state index in [0.717, 1.165) is 33.5 Å². The number of aryl methyl sites for hydroxylation is 2. The van der Waals surface area contributed by atoms with Gasteiger partial charge in [-0.1, -0.05) is 12.1 Å². The molecular formula is C18H18N2O2. The van der Waals surface area contributed by atoms with Crippen molar-refractivity contribution < 1.29 is 9.53 Å². The summed E-state index contributed by atoms with van der Waals surface area (Å²) >= 11 is 0. The van der Waals surface area contributed by atoms with Crippen molar-refractivity contribution in [1.29, 1.82) is 0 Å². The second kappa shape index (κ2) is 5.56. The molecule has 1 amide bonds. The smallest absolute Gasteiger partial charge is 0.272 e. The third kappa shape index (κ3) is 2.55. The molecule has 0 bridgehead atoms. The van der Waals surface area contributed by atoms with Crippen LogP contribution in [-0.2, 0) is 0 Å². The summed E-state index contributed by atoms with van der Waals surface area (Å²) in [6.07, 6.45) is 0. The fourth-order valence-corrected chi connectivity index (χ4v) is 2.58. The summed E-state index contributed by atoms with van der Waals surface area (Å²) in [6.45, 7) is 3.93. The third-order valence-electron chi connectivity index (χ3n) is 3.77. The van der Waals surface area contributed by atoms with Crippen LogP contribution in [0.5, 0.6) is 5.75 Å². The number of carbonyl (C=O) groups excluding carboxylic acids is 1. The van der Waals surface area contributed by atoms with E-state index in [1.165, 1.54) is 0 Å². The van der Waals surface area contributed by atoms with Crippen molar-refractivity contribution in [3.05, 3.63) is 59.3 Å². The molecule has 4 heteroatoms. The van der Waals surface area contributed by atoms with Gasteiger partial charge in [0.25, 0.3) is 5.91 Å². The molecule has 0 aliphatic rings. The van der Waals surface area contributed by atoms with Crippen LogP contribution in [0.1, 0.15) is 21.6 Å². The highest BCUT2D eigenvalue weighted by Crippen LogP contribution is 2.26. The highest BCUT2D eigenvalue weighted by Gasteiger charge is 2.15. The number of hydrogen-bond acceptors (Lipinski definition) is 2. The maximum Gasteiger partial charge on any atom is 0.272 e. The van der Waals surface area contributed by atoms with Crippen LogP contribution in [0.25, 0.3) is 10.9 Å². The molecule has 0 aliphatic carbocycles. The van der Waals surface area contributed by atoms with E-state index in [9.17, 15) is 4.79 Å². The summed E-state index contributed by atoms with van der Waals surface area (Å²) in [5.41, 5.74) is 4.31. The van der Waals surface area contributed by atoms with Gasteiger partial charge in [0.15, 0.2) is 0 Å². The molecule has 1 aromatic heterocycles. The van der Waals surface area contributed by atoms with E-state index in [2.05, 4.69) is 10.3 Å². The number of aromatic amines is 1. The van der Waals surface area contributed by atoms with Crippen LogP contribution in [-0.4, -0.2) is 18.0 Å². The molecule has 0 fully saturated rings. The number of hydrogen-bond donors (Lipinski definition) is 2. The van der Waals surface area contributed by atoms with Crippen LogP contribution in [0.2, 0.25) is 0 Å². The van der Waals surface area contributed by atoms with E-state index in [4.69, 9.17) is 4.74 Å². The molecule has 112 valence electrons. The number of ether oxygens (including phenoxy) is 1. The summed E-state index contributed by atoms with van der Waals surface area (Å²) in [5, 5.41) is 3.92. The zero-order valence-corrected chi connectivity index (χ0v) is 12.9. The Balaban J connectivity index is 1.95. The average Bonchev–Trinajstić information content (AvgIpc) is 2.84. The monoisotopic (exact) mass is 294 g/mol. The number of carbonyl (C=O) groups is 1. The molecular weight excluding hydrogens is 276 g/mol. The lowest BCUT2D eigenvalue weighted by atomic mass is 10.1. The zero-order valence-electron chi connectivity index (χ0n) is 12.9. The number of H-pyrrole nitrogens is 1. The standard InChI is InChI=1S/C18H18N2O2/c1-11-5-4-6-13(9-11)19-18(21)17-12(2)15-10-14(22-3)7-8-16(15)20-17/h4-10,20H,1-3H3,(H,19,21). The average molecular weight is 294 g/mol. The van der Waals surface area contributed by atoms with Crippen molar-refractivity contribution in [2.24, 2.45) is 0 Å². The number of nitrogens with one attached hydrogen (secondary N) is 2. The number of benzene rings is 2. The predicted octanol–water partition coefficient (Wildman–Crippen LogP) is 4.05. The van der Waals surface area contributed by atoms with Crippen molar-refractivity contribution in [2.75, 3.05) is 12.4 Å². The first-order valence-corrected chi connectivity index (χ1v) is 7.13. The lowest BCUT2D eigenvalue weighted by Crippen LogP contribution is -2.13. The second-order valence-electron chi connectivity index (χ2n) is 5.36. The van der Waals surface area contributed by atoms with E-state index in [1.807, 2.05) is 56.3 Å². The molecule has 2 N–H and O–H groups in total. The lowest BCUT2D eigenvalue weighted by molar-refractivity contribution is 0.102. The summed E-state index contributed by atoms with van der Waals surface area (Å²) in [5.74, 6) is 0.638. The van der Waals surface area contributed by atoms with E-state index < -0.39 is 0 Å². The minimum atomic E-state index is -0.140. The predicted molar refractivity (Wildman–Crippen MR) is 88.7 cm³/mol. The number of anilines is 1. The zero-order chi connectivity index (χ0) is 15.7. The highest BCUT2D eigenvalue weighted by molar-refractivity contribution is 6.08. The van der Waals surface area contributed by atoms with Gasteiger partial charge in [-0.15, -0.1) is 0 Å². The van der Waals surface area contributed by atoms with Gasteiger partial charge in [-0.25, -0.2) is 0 Å². The van der Waals surface area contributed by atoms with Crippen LogP contribution in [0.3, 0.4) is 0 Å². The van der Waals surface area contributed by atoms with Crippen LogP contribution in [0.4, 0.5) is 5.69 Å². The molecule has 0 radical (unpaired) electrons. The number of rotatable bonds is 3. The normalized spacial score (nSPS) is 10.7. The Morgan fingerprint density at radius 3 is 2.68 bits per heavy atom. The maximum atomic E-state index is 12.5. The summed E-state index contributed by atoms with van der Waals surface area (Å²) < 4.78 is 5.24. The van der Waals surface area contributed by atoms with Gasteiger partial charge in [-0.2, -0.15) is 0 Å². The third-order valence-corrected chi connectivity index (χ3v) is 3.77. The van der Waals surface area contributed by atoms with Crippen molar-refractivity contribution >= 4 is 22.5 Å². The van der Waals surface area contributed by atoms with E-state index in [-0.39, 0.29) is 5.91 Å². The van der Waals surface area contributed by atoms with Crippen LogP contribution in [0, 0.1) is 13.8 Å². The molecule has 1 heterocycles. The molecule has 0 unspecified atom stereocenters. The molecule has 3 rings (SSSR count). The van der Waals surface area contributed by atoms with Crippen LogP contribution in [0.15, 0.2) is 42.5 Å². The molecule has 0 spiro atoms. The van der Waals surface area contributed by atoms with Gasteiger partial charge in [0.1, 0.15) is 11.4 Å².